The monoisotopic (exact) mass is 425 g/mol. The van der Waals surface area contributed by atoms with Crippen LogP contribution in [0.25, 0.3) is 22.2 Å². The number of nitrogens with zero attached hydrogens (tertiary/aromatic N) is 3. The second-order valence-electron chi connectivity index (χ2n) is 6.49. The van der Waals surface area contributed by atoms with Crippen LogP contribution in [0.4, 0.5) is 4.39 Å². The summed E-state index contributed by atoms with van der Waals surface area (Å²) >= 11 is 3.26. The zero-order chi connectivity index (χ0) is 19.1. The van der Waals surface area contributed by atoms with Crippen molar-refractivity contribution in [3.63, 3.8) is 0 Å². The molecule has 0 spiro atoms. The maximum atomic E-state index is 14.4. The number of aryl methyl sites for hydroxylation is 2. The fourth-order valence-corrected chi connectivity index (χ4v) is 3.80. The second-order valence-corrected chi connectivity index (χ2v) is 7.41. The molecule has 27 heavy (non-hydrogen) atoms. The first kappa shape index (κ1) is 17.7. The van der Waals surface area contributed by atoms with Crippen LogP contribution in [0.15, 0.2) is 63.9 Å². The van der Waals surface area contributed by atoms with Crippen molar-refractivity contribution in [2.75, 3.05) is 0 Å². The van der Waals surface area contributed by atoms with Crippen molar-refractivity contribution in [2.45, 2.75) is 13.5 Å². The Bertz CT molecular complexity index is 1210. The molecular formula is C21H17BrFN3O. The molecule has 0 saturated carbocycles. The van der Waals surface area contributed by atoms with Crippen LogP contribution in [0.5, 0.6) is 0 Å². The van der Waals surface area contributed by atoms with E-state index in [0.29, 0.717) is 15.7 Å². The van der Waals surface area contributed by atoms with Gasteiger partial charge in [0.05, 0.1) is 12.2 Å². The lowest BCUT2D eigenvalue weighted by Gasteiger charge is -2.13. The number of hydrogen-bond donors (Lipinski definition) is 0. The first-order valence-electron chi connectivity index (χ1n) is 8.52. The molecule has 2 aromatic heterocycles. The molecule has 2 aromatic carbocycles. The maximum Gasteiger partial charge on any atom is 0.253 e. The van der Waals surface area contributed by atoms with Gasteiger partial charge in [-0.2, -0.15) is 5.10 Å². The highest BCUT2D eigenvalue weighted by molar-refractivity contribution is 9.10. The quantitative estimate of drug-likeness (QED) is 0.478. The van der Waals surface area contributed by atoms with E-state index in [4.69, 9.17) is 0 Å². The van der Waals surface area contributed by atoms with Crippen molar-refractivity contribution < 1.29 is 4.39 Å². The number of pyridine rings is 1. The first-order chi connectivity index (χ1) is 13.0. The van der Waals surface area contributed by atoms with Crippen molar-refractivity contribution in [1.29, 1.82) is 0 Å². The van der Waals surface area contributed by atoms with E-state index in [9.17, 15) is 9.18 Å². The molecule has 136 valence electrons. The minimum absolute atomic E-state index is 0.141. The van der Waals surface area contributed by atoms with E-state index in [-0.39, 0.29) is 17.9 Å². The second kappa shape index (κ2) is 6.78. The Morgan fingerprint density at radius 3 is 2.56 bits per heavy atom. The molecule has 2 heterocycles. The van der Waals surface area contributed by atoms with E-state index in [0.717, 1.165) is 22.2 Å². The molecule has 0 atom stereocenters. The molecule has 0 fully saturated rings. The molecule has 0 aliphatic carbocycles. The summed E-state index contributed by atoms with van der Waals surface area (Å²) in [6.07, 6.45) is 0. The van der Waals surface area contributed by atoms with E-state index >= 15 is 0 Å². The number of rotatable bonds is 3. The van der Waals surface area contributed by atoms with Gasteiger partial charge >= 0.3 is 0 Å². The summed E-state index contributed by atoms with van der Waals surface area (Å²) in [5, 5.41) is 5.42. The lowest BCUT2D eigenvalue weighted by atomic mass is 10.0. The molecular weight excluding hydrogens is 409 g/mol. The molecule has 0 radical (unpaired) electrons. The van der Waals surface area contributed by atoms with Crippen molar-refractivity contribution in [3.8, 4) is 11.1 Å². The molecule has 0 saturated heterocycles. The molecule has 4 aromatic rings. The Kier molecular flexibility index (Phi) is 4.44. The van der Waals surface area contributed by atoms with E-state index in [2.05, 4.69) is 21.0 Å². The summed E-state index contributed by atoms with van der Waals surface area (Å²) in [5.74, 6) is -0.351. The van der Waals surface area contributed by atoms with Crippen molar-refractivity contribution in [3.05, 3.63) is 86.5 Å². The van der Waals surface area contributed by atoms with Gasteiger partial charge in [0.1, 0.15) is 11.5 Å². The molecule has 0 N–H and O–H groups in total. The Hall–Kier alpha value is -2.73. The van der Waals surface area contributed by atoms with Crippen LogP contribution >= 0.6 is 15.9 Å². The average Bonchev–Trinajstić information content (AvgIpc) is 2.94. The van der Waals surface area contributed by atoms with Crippen LogP contribution in [-0.2, 0) is 13.6 Å². The van der Waals surface area contributed by atoms with Gasteiger partial charge in [0, 0.05) is 28.5 Å². The van der Waals surface area contributed by atoms with Gasteiger partial charge in [-0.05, 0) is 30.2 Å². The third kappa shape index (κ3) is 3.10. The molecule has 4 rings (SSSR count). The zero-order valence-electron chi connectivity index (χ0n) is 14.9. The Balaban J connectivity index is 1.98. The van der Waals surface area contributed by atoms with Gasteiger partial charge in [0.15, 0.2) is 0 Å². The fourth-order valence-electron chi connectivity index (χ4n) is 3.47. The SMILES string of the molecule is Cc1nn(C)c2c1c(-c1ccccc1)cc(=O)n2Cc1ccc(Br)cc1F. The summed E-state index contributed by atoms with van der Waals surface area (Å²) in [6, 6.07) is 16.2. The van der Waals surface area contributed by atoms with Crippen LogP contribution < -0.4 is 5.56 Å². The van der Waals surface area contributed by atoms with E-state index in [1.807, 2.05) is 37.3 Å². The normalized spacial score (nSPS) is 11.3. The summed E-state index contributed by atoms with van der Waals surface area (Å²) in [6.45, 7) is 2.06. The molecule has 4 nitrogen and oxygen atoms in total. The minimum Gasteiger partial charge on any atom is -0.288 e. The van der Waals surface area contributed by atoms with Gasteiger partial charge in [0.2, 0.25) is 0 Å². The van der Waals surface area contributed by atoms with Crippen LogP contribution in [0.2, 0.25) is 0 Å². The van der Waals surface area contributed by atoms with E-state index in [1.54, 1.807) is 34.5 Å². The van der Waals surface area contributed by atoms with Gasteiger partial charge in [-0.1, -0.05) is 52.3 Å². The summed E-state index contributed by atoms with van der Waals surface area (Å²) in [5.41, 5.74) is 3.57. The zero-order valence-corrected chi connectivity index (χ0v) is 16.5. The Morgan fingerprint density at radius 2 is 1.85 bits per heavy atom. The smallest absolute Gasteiger partial charge is 0.253 e. The van der Waals surface area contributed by atoms with Gasteiger partial charge < -0.3 is 0 Å². The number of hydrogen-bond acceptors (Lipinski definition) is 2. The third-order valence-corrected chi connectivity index (χ3v) is 5.17. The topological polar surface area (TPSA) is 39.8 Å². The van der Waals surface area contributed by atoms with E-state index in [1.165, 1.54) is 6.07 Å². The Morgan fingerprint density at radius 1 is 1.11 bits per heavy atom. The predicted octanol–water partition coefficient (Wildman–Crippen LogP) is 4.66. The van der Waals surface area contributed by atoms with Gasteiger partial charge in [0.25, 0.3) is 5.56 Å². The lowest BCUT2D eigenvalue weighted by Crippen LogP contribution is -2.22. The van der Waals surface area contributed by atoms with E-state index < -0.39 is 0 Å². The number of benzene rings is 2. The van der Waals surface area contributed by atoms with Crippen molar-refractivity contribution in [1.82, 2.24) is 14.3 Å². The van der Waals surface area contributed by atoms with Gasteiger partial charge in [-0.25, -0.2) is 4.39 Å². The van der Waals surface area contributed by atoms with Crippen LogP contribution in [0, 0.1) is 12.7 Å². The highest BCUT2D eigenvalue weighted by Gasteiger charge is 2.18. The molecule has 0 amide bonds. The number of fused-ring (bicyclic) bond motifs is 1. The summed E-state index contributed by atoms with van der Waals surface area (Å²) in [7, 11) is 1.80. The maximum absolute atomic E-state index is 14.4. The minimum atomic E-state index is -0.351. The van der Waals surface area contributed by atoms with Crippen LogP contribution in [0.3, 0.4) is 0 Å². The molecule has 0 unspecified atom stereocenters. The molecule has 0 aliphatic heterocycles. The van der Waals surface area contributed by atoms with Crippen molar-refractivity contribution >= 4 is 27.0 Å². The first-order valence-corrected chi connectivity index (χ1v) is 9.31. The molecule has 0 bridgehead atoms. The largest absolute Gasteiger partial charge is 0.288 e. The highest BCUT2D eigenvalue weighted by Crippen LogP contribution is 2.29. The lowest BCUT2D eigenvalue weighted by molar-refractivity contribution is 0.595. The predicted molar refractivity (Wildman–Crippen MR) is 108 cm³/mol. The molecule has 0 aliphatic rings. The van der Waals surface area contributed by atoms with Gasteiger partial charge in [-0.3, -0.25) is 14.0 Å². The van der Waals surface area contributed by atoms with Crippen molar-refractivity contribution in [2.24, 2.45) is 7.05 Å². The molecule has 6 heteroatoms. The standard InChI is InChI=1S/C21H17BrFN3O/c1-13-20-17(14-6-4-3-5-7-14)11-19(27)26(21(20)25(2)24-13)12-15-8-9-16(22)10-18(15)23/h3-11H,12H2,1-2H3. The fraction of sp³-hybridized carbons (Fsp3) is 0.143. The van der Waals surface area contributed by atoms with Crippen LogP contribution in [-0.4, -0.2) is 14.3 Å². The summed E-state index contributed by atoms with van der Waals surface area (Å²) < 4.78 is 18.3. The van der Waals surface area contributed by atoms with Gasteiger partial charge in [-0.15, -0.1) is 0 Å². The third-order valence-electron chi connectivity index (χ3n) is 4.68. The Labute approximate surface area is 164 Å². The summed E-state index contributed by atoms with van der Waals surface area (Å²) in [4.78, 5) is 13.0. The average molecular weight is 426 g/mol. The number of halogens is 2. The highest BCUT2D eigenvalue weighted by atomic mass is 79.9. The number of aromatic nitrogens is 3. The van der Waals surface area contributed by atoms with Crippen LogP contribution in [0.1, 0.15) is 11.3 Å².